The maximum Gasteiger partial charge on any atom is 0.407 e. The molecule has 0 aliphatic carbocycles. The summed E-state index contributed by atoms with van der Waals surface area (Å²) in [6, 6.07) is 9.80. The van der Waals surface area contributed by atoms with Gasteiger partial charge in [0.1, 0.15) is 17.7 Å². The number of aromatic amines is 2. The fourth-order valence-corrected chi connectivity index (χ4v) is 8.17. The molecular weight excluding hydrogens is 757 g/mol. The lowest BCUT2D eigenvalue weighted by Crippen LogP contribution is -2.55. The van der Waals surface area contributed by atoms with Gasteiger partial charge in [0.05, 0.1) is 49.0 Å². The van der Waals surface area contributed by atoms with Crippen LogP contribution in [0.4, 0.5) is 4.79 Å². The molecule has 316 valence electrons. The van der Waals surface area contributed by atoms with Crippen LogP contribution in [0.15, 0.2) is 48.8 Å². The van der Waals surface area contributed by atoms with Gasteiger partial charge in [-0.05, 0) is 86.8 Å². The number of hydrogen-bond acceptors (Lipinski definition) is 11. The van der Waals surface area contributed by atoms with Gasteiger partial charge in [0.25, 0.3) is 0 Å². The van der Waals surface area contributed by atoms with Crippen molar-refractivity contribution < 1.29 is 38.1 Å². The maximum absolute atomic E-state index is 14.0. The van der Waals surface area contributed by atoms with Crippen molar-refractivity contribution in [2.45, 2.75) is 96.8 Å². The Morgan fingerprint density at radius 2 is 1.17 bits per heavy atom. The minimum absolute atomic E-state index is 0.00939. The Hall–Kier alpha value is -5.45. The van der Waals surface area contributed by atoms with Crippen molar-refractivity contribution in [3.8, 4) is 45.5 Å². The van der Waals surface area contributed by atoms with Gasteiger partial charge in [0, 0.05) is 38.4 Å². The minimum atomic E-state index is -0.714. The fraction of sp³-hybridized carbons (Fsp3) is 0.512. The van der Waals surface area contributed by atoms with Gasteiger partial charge in [0.15, 0.2) is 23.0 Å². The minimum Gasteiger partial charge on any atom is -0.453 e. The first kappa shape index (κ1) is 41.7. The molecule has 2 aromatic carbocycles. The molecule has 0 saturated carbocycles. The molecular formula is C43H56N8O8. The Labute approximate surface area is 344 Å². The molecule has 0 bridgehead atoms. The van der Waals surface area contributed by atoms with Gasteiger partial charge in [0.2, 0.25) is 18.2 Å². The van der Waals surface area contributed by atoms with Gasteiger partial charge in [-0.2, -0.15) is 0 Å². The molecule has 2 fully saturated rings. The summed E-state index contributed by atoms with van der Waals surface area (Å²) in [5.41, 5.74) is 3.29. The second-order valence-corrected chi connectivity index (χ2v) is 16.0. The van der Waals surface area contributed by atoms with Crippen LogP contribution in [-0.2, 0) is 23.8 Å². The number of aromatic nitrogens is 4. The number of carbonyl (C=O) groups is 3. The summed E-state index contributed by atoms with van der Waals surface area (Å²) in [5, 5.41) is 5.92. The summed E-state index contributed by atoms with van der Waals surface area (Å²) in [4.78, 5) is 59.9. The fourth-order valence-electron chi connectivity index (χ4n) is 8.17. The summed E-state index contributed by atoms with van der Waals surface area (Å²) in [6.45, 7) is 9.02. The lowest BCUT2D eigenvalue weighted by molar-refractivity contribution is -0.153. The highest BCUT2D eigenvalue weighted by Gasteiger charge is 2.38. The van der Waals surface area contributed by atoms with Crippen LogP contribution in [0.5, 0.6) is 23.0 Å². The normalized spacial score (nSPS) is 18.8. The summed E-state index contributed by atoms with van der Waals surface area (Å²) in [5.74, 6) is 3.41. The second kappa shape index (κ2) is 18.2. The van der Waals surface area contributed by atoms with E-state index in [0.717, 1.165) is 66.9 Å². The smallest absolute Gasteiger partial charge is 0.407 e. The van der Waals surface area contributed by atoms with E-state index in [0.29, 0.717) is 41.9 Å². The average Bonchev–Trinajstić information content (AvgIpc) is 3.96. The summed E-state index contributed by atoms with van der Waals surface area (Å²) >= 11 is 0. The average molecular weight is 813 g/mol. The van der Waals surface area contributed by atoms with Crippen molar-refractivity contribution in [1.29, 1.82) is 0 Å². The van der Waals surface area contributed by atoms with Crippen LogP contribution < -0.4 is 20.1 Å². The number of nitrogens with one attached hydrogen (secondary N) is 4. The topological polar surface area (TPSA) is 185 Å². The molecule has 59 heavy (non-hydrogen) atoms. The number of piperidine rings is 2. The molecule has 16 heteroatoms. The van der Waals surface area contributed by atoms with Crippen LogP contribution in [0.1, 0.15) is 90.0 Å². The first-order valence-corrected chi connectivity index (χ1v) is 20.5. The Morgan fingerprint density at radius 1 is 0.695 bits per heavy atom. The van der Waals surface area contributed by atoms with E-state index in [1.807, 2.05) is 73.9 Å². The third-order valence-corrected chi connectivity index (χ3v) is 11.4. The predicted molar refractivity (Wildman–Crippen MR) is 219 cm³/mol. The van der Waals surface area contributed by atoms with E-state index >= 15 is 0 Å². The number of alkyl carbamates (subject to hydrolysis) is 1. The van der Waals surface area contributed by atoms with E-state index in [4.69, 9.17) is 33.7 Å². The van der Waals surface area contributed by atoms with Crippen LogP contribution in [0, 0.1) is 11.8 Å². The quantitative estimate of drug-likeness (QED) is 0.0894. The maximum atomic E-state index is 14.0. The number of H-pyrrole nitrogens is 2. The van der Waals surface area contributed by atoms with E-state index in [1.165, 1.54) is 7.11 Å². The summed E-state index contributed by atoms with van der Waals surface area (Å²) in [6.07, 6.45) is 7.53. The van der Waals surface area contributed by atoms with Gasteiger partial charge < -0.3 is 48.8 Å². The number of ether oxygens (including phenoxy) is 5. The SMILES string of the molecule is COC(=O)N[C@H](C(=O)N1CCCC[C@H]1c1ncc(-c2ccc3c(c2)Oc2ccc(-c4cnc([C@@H]5CCCCN5C(=O)[C@@H](NC(OC)OC)C(C)C)[nH]4)cc2O3)[nH]1)C(C)C. The number of fused-ring (bicyclic) bond motifs is 2. The predicted octanol–water partition coefficient (Wildman–Crippen LogP) is 7.04. The molecule has 3 amide bonds. The summed E-state index contributed by atoms with van der Waals surface area (Å²) < 4.78 is 28.2. The molecule has 2 aromatic heterocycles. The number of carbonyl (C=O) groups excluding carboxylic acids is 3. The zero-order valence-corrected chi connectivity index (χ0v) is 34.9. The molecule has 3 aliphatic rings. The first-order valence-electron chi connectivity index (χ1n) is 20.5. The highest BCUT2D eigenvalue weighted by molar-refractivity contribution is 5.86. The molecule has 3 aliphatic heterocycles. The number of hydrogen-bond donors (Lipinski definition) is 4. The lowest BCUT2D eigenvalue weighted by atomic mass is 9.97. The van der Waals surface area contributed by atoms with Crippen molar-refractivity contribution >= 4 is 17.9 Å². The van der Waals surface area contributed by atoms with Crippen molar-refractivity contribution in [2.24, 2.45) is 11.8 Å². The van der Waals surface area contributed by atoms with Gasteiger partial charge in [-0.3, -0.25) is 14.9 Å². The molecule has 0 spiro atoms. The number of amides is 3. The van der Waals surface area contributed by atoms with Gasteiger partial charge in [-0.25, -0.2) is 14.8 Å². The van der Waals surface area contributed by atoms with E-state index < -0.39 is 24.6 Å². The monoisotopic (exact) mass is 812 g/mol. The molecule has 5 heterocycles. The number of benzene rings is 2. The number of nitrogens with zero attached hydrogens (tertiary/aromatic N) is 4. The summed E-state index contributed by atoms with van der Waals surface area (Å²) in [7, 11) is 4.37. The Kier molecular flexibility index (Phi) is 12.9. The van der Waals surface area contributed by atoms with Crippen LogP contribution in [0.2, 0.25) is 0 Å². The molecule has 0 radical (unpaired) electrons. The zero-order valence-electron chi connectivity index (χ0n) is 34.9. The number of methoxy groups -OCH3 is 3. The lowest BCUT2D eigenvalue weighted by Gasteiger charge is -2.38. The largest absolute Gasteiger partial charge is 0.453 e. The van der Waals surface area contributed by atoms with Crippen LogP contribution >= 0.6 is 0 Å². The highest BCUT2D eigenvalue weighted by Crippen LogP contribution is 2.48. The van der Waals surface area contributed by atoms with E-state index in [1.54, 1.807) is 26.6 Å². The highest BCUT2D eigenvalue weighted by atomic mass is 16.7. The Balaban J connectivity index is 1.05. The Bertz CT molecular complexity index is 2110. The second-order valence-electron chi connectivity index (χ2n) is 16.0. The van der Waals surface area contributed by atoms with Crippen molar-refractivity contribution in [1.82, 2.24) is 40.4 Å². The standard InChI is InChI=1S/C43H56N8O8/c1-24(2)36(48-42(54)55-5)40(52)50-18-10-8-12-30(50)38-44-22-28(46-38)26-14-16-32-34(20-26)58-33-17-15-27(21-35(33)59-32)29-23-45-39(47-29)31-13-9-11-19-51(31)41(53)37(25(3)4)49-43(56-6)57-7/h14-17,20-25,30-31,36-37,43,49H,8-13,18-19H2,1-7H3,(H,44,46)(H,45,47)(H,48,54)/t30-,31-,36-,37-/m0/s1. The van der Waals surface area contributed by atoms with Gasteiger partial charge >= 0.3 is 6.09 Å². The number of imidazole rings is 2. The number of rotatable bonds is 13. The molecule has 4 atom stereocenters. The van der Waals surface area contributed by atoms with Crippen LogP contribution in [0.25, 0.3) is 22.5 Å². The molecule has 7 rings (SSSR count). The van der Waals surface area contributed by atoms with E-state index in [2.05, 4.69) is 20.6 Å². The zero-order chi connectivity index (χ0) is 41.8. The van der Waals surface area contributed by atoms with Crippen LogP contribution in [-0.4, -0.2) is 101 Å². The van der Waals surface area contributed by atoms with Crippen molar-refractivity contribution in [3.05, 3.63) is 60.4 Å². The molecule has 0 unspecified atom stereocenters. The van der Waals surface area contributed by atoms with Gasteiger partial charge in [-0.1, -0.05) is 27.7 Å². The van der Waals surface area contributed by atoms with Crippen molar-refractivity contribution in [2.75, 3.05) is 34.4 Å². The Morgan fingerprint density at radius 3 is 1.61 bits per heavy atom. The first-order chi connectivity index (χ1) is 28.5. The third-order valence-electron chi connectivity index (χ3n) is 11.4. The molecule has 16 nitrogen and oxygen atoms in total. The number of likely N-dealkylation sites (tertiary alicyclic amines) is 2. The molecule has 4 aromatic rings. The van der Waals surface area contributed by atoms with Crippen LogP contribution in [0.3, 0.4) is 0 Å². The molecule has 2 saturated heterocycles. The van der Waals surface area contributed by atoms with E-state index in [9.17, 15) is 14.4 Å². The molecule has 4 N–H and O–H groups in total. The van der Waals surface area contributed by atoms with Crippen molar-refractivity contribution in [3.63, 3.8) is 0 Å². The van der Waals surface area contributed by atoms with Gasteiger partial charge in [-0.15, -0.1) is 0 Å². The third kappa shape index (κ3) is 8.94. The van der Waals surface area contributed by atoms with E-state index in [-0.39, 0.29) is 35.7 Å².